The van der Waals surface area contributed by atoms with Crippen molar-refractivity contribution in [2.75, 3.05) is 0 Å². The van der Waals surface area contributed by atoms with Crippen LogP contribution in [-0.2, 0) is 9.59 Å². The van der Waals surface area contributed by atoms with E-state index in [1.807, 2.05) is 0 Å². The predicted molar refractivity (Wildman–Crippen MR) is 105 cm³/mol. The zero-order valence-electron chi connectivity index (χ0n) is 15.3. The third kappa shape index (κ3) is 6.64. The number of benzene rings is 2. The first-order chi connectivity index (χ1) is 14.1. The van der Waals surface area contributed by atoms with Gasteiger partial charge in [-0.3, -0.25) is 9.59 Å². The van der Waals surface area contributed by atoms with Crippen LogP contribution in [-0.4, -0.2) is 32.2 Å². The molecule has 0 radical (unpaired) electrons. The Morgan fingerprint density at radius 3 is 1.27 bits per heavy atom. The molecule has 10 heteroatoms. The maximum absolute atomic E-state index is 10.7. The highest BCUT2D eigenvalue weighted by Crippen LogP contribution is 2.26. The molecule has 0 aliphatic heterocycles. The van der Waals surface area contributed by atoms with Crippen molar-refractivity contribution in [3.63, 3.8) is 0 Å². The Bertz CT molecular complexity index is 1030. The Balaban J connectivity index is 0.000000300. The highest BCUT2D eigenvalue weighted by atomic mass is 16.3. The number of hydrogen-bond acceptors (Lipinski definition) is 8. The minimum absolute atomic E-state index is 0.222. The Labute approximate surface area is 170 Å². The normalized spacial score (nSPS) is 10.7. The SMILES string of the molecule is N#C/C(=C\c1ccc(O)c(O)c1)C(N)=O.N#C/C(=C\c1ccc(O)c(O)c1)C(N)=O. The van der Waals surface area contributed by atoms with Crippen molar-refractivity contribution in [2.24, 2.45) is 11.5 Å². The summed E-state index contributed by atoms with van der Waals surface area (Å²) in [4.78, 5) is 21.4. The summed E-state index contributed by atoms with van der Waals surface area (Å²) in [5, 5.41) is 53.4. The number of hydrogen-bond donors (Lipinski definition) is 6. The van der Waals surface area contributed by atoms with Gasteiger partial charge < -0.3 is 31.9 Å². The van der Waals surface area contributed by atoms with Gasteiger partial charge in [0.05, 0.1) is 0 Å². The van der Waals surface area contributed by atoms with Gasteiger partial charge in [0.2, 0.25) is 0 Å². The largest absolute Gasteiger partial charge is 0.504 e. The second-order valence-electron chi connectivity index (χ2n) is 5.56. The molecule has 0 fully saturated rings. The van der Waals surface area contributed by atoms with Crippen LogP contribution >= 0.6 is 0 Å². The van der Waals surface area contributed by atoms with E-state index in [9.17, 15) is 9.59 Å². The van der Waals surface area contributed by atoms with Crippen molar-refractivity contribution in [3.05, 3.63) is 58.7 Å². The lowest BCUT2D eigenvalue weighted by atomic mass is 10.1. The summed E-state index contributed by atoms with van der Waals surface area (Å²) >= 11 is 0. The fourth-order valence-corrected chi connectivity index (χ4v) is 1.91. The van der Waals surface area contributed by atoms with Crippen LogP contribution in [0.1, 0.15) is 11.1 Å². The Morgan fingerprint density at radius 1 is 0.700 bits per heavy atom. The number of rotatable bonds is 4. The first-order valence-electron chi connectivity index (χ1n) is 7.96. The molecule has 0 aliphatic carbocycles. The number of phenols is 4. The van der Waals surface area contributed by atoms with E-state index < -0.39 is 11.8 Å². The smallest absolute Gasteiger partial charge is 0.259 e. The molecule has 2 aromatic carbocycles. The van der Waals surface area contributed by atoms with Crippen LogP contribution in [0.3, 0.4) is 0 Å². The molecule has 2 amide bonds. The molecule has 0 bridgehead atoms. The van der Waals surface area contributed by atoms with Gasteiger partial charge >= 0.3 is 0 Å². The maximum atomic E-state index is 10.7. The Morgan fingerprint density at radius 2 is 1.03 bits per heavy atom. The molecule has 0 saturated carbocycles. The Kier molecular flexibility index (Phi) is 8.00. The van der Waals surface area contributed by atoms with Crippen molar-refractivity contribution in [1.82, 2.24) is 0 Å². The fourth-order valence-electron chi connectivity index (χ4n) is 1.91. The third-order valence-electron chi connectivity index (χ3n) is 3.39. The second kappa shape index (κ2) is 10.4. The van der Waals surface area contributed by atoms with Crippen LogP contribution in [0.5, 0.6) is 23.0 Å². The molecule has 0 saturated heterocycles. The van der Waals surface area contributed by atoms with Gasteiger partial charge in [-0.15, -0.1) is 0 Å². The summed E-state index contributed by atoms with van der Waals surface area (Å²) in [6.07, 6.45) is 2.45. The zero-order valence-corrected chi connectivity index (χ0v) is 15.3. The standard InChI is InChI=1S/2C10H8N2O3/c2*11-5-7(10(12)15)3-6-1-2-8(13)9(14)4-6/h2*1-4,13-14H,(H2,12,15)/b2*7-3+. The van der Waals surface area contributed by atoms with Crippen molar-refractivity contribution < 1.29 is 30.0 Å². The summed E-state index contributed by atoms with van der Waals surface area (Å²) in [6, 6.07) is 11.1. The average molecular weight is 408 g/mol. The number of primary amides is 2. The van der Waals surface area contributed by atoms with Crippen molar-refractivity contribution in [3.8, 4) is 35.1 Å². The van der Waals surface area contributed by atoms with E-state index in [-0.39, 0.29) is 34.1 Å². The van der Waals surface area contributed by atoms with Crippen LogP contribution < -0.4 is 11.5 Å². The lowest BCUT2D eigenvalue weighted by Crippen LogP contribution is -2.12. The van der Waals surface area contributed by atoms with E-state index in [0.717, 1.165) is 0 Å². The number of nitriles is 2. The zero-order chi connectivity index (χ0) is 22.8. The molecule has 0 aliphatic rings. The van der Waals surface area contributed by atoms with E-state index in [1.54, 1.807) is 12.1 Å². The highest BCUT2D eigenvalue weighted by molar-refractivity contribution is 6.01. The van der Waals surface area contributed by atoms with Gasteiger partial charge in [0.1, 0.15) is 23.3 Å². The van der Waals surface area contributed by atoms with Gasteiger partial charge in [-0.1, -0.05) is 12.1 Å². The molecule has 152 valence electrons. The lowest BCUT2D eigenvalue weighted by Gasteiger charge is -1.98. The Hall–Kier alpha value is -4.96. The highest BCUT2D eigenvalue weighted by Gasteiger charge is 2.06. The number of carbonyl (C=O) groups excluding carboxylic acids is 2. The maximum Gasteiger partial charge on any atom is 0.259 e. The van der Waals surface area contributed by atoms with Crippen LogP contribution in [0.15, 0.2) is 47.5 Å². The van der Waals surface area contributed by atoms with Crippen LogP contribution in [0.4, 0.5) is 0 Å². The molecule has 10 nitrogen and oxygen atoms in total. The molecule has 0 unspecified atom stereocenters. The molecule has 8 N–H and O–H groups in total. The lowest BCUT2D eigenvalue weighted by molar-refractivity contribution is -0.115. The first-order valence-corrected chi connectivity index (χ1v) is 7.96. The van der Waals surface area contributed by atoms with Gasteiger partial charge in [-0.05, 0) is 47.5 Å². The quantitative estimate of drug-likeness (QED) is 0.243. The molecule has 2 aromatic rings. The monoisotopic (exact) mass is 408 g/mol. The molecule has 0 aromatic heterocycles. The first kappa shape index (κ1) is 23.1. The van der Waals surface area contributed by atoms with Gasteiger partial charge in [-0.2, -0.15) is 10.5 Å². The number of nitrogens with two attached hydrogens (primary N) is 2. The molecule has 0 atom stereocenters. The number of nitrogens with zero attached hydrogens (tertiary/aromatic N) is 2. The minimum atomic E-state index is -0.843. The van der Waals surface area contributed by atoms with Gasteiger partial charge in [0, 0.05) is 0 Å². The van der Waals surface area contributed by atoms with Crippen LogP contribution in [0, 0.1) is 22.7 Å². The predicted octanol–water partition coefficient (Wildman–Crippen LogP) is 0.980. The van der Waals surface area contributed by atoms with E-state index in [4.69, 9.17) is 42.4 Å². The van der Waals surface area contributed by atoms with Gasteiger partial charge in [0.15, 0.2) is 23.0 Å². The molecule has 0 heterocycles. The van der Waals surface area contributed by atoms with Crippen molar-refractivity contribution in [2.45, 2.75) is 0 Å². The van der Waals surface area contributed by atoms with Gasteiger partial charge in [-0.25, -0.2) is 0 Å². The third-order valence-corrected chi connectivity index (χ3v) is 3.39. The minimum Gasteiger partial charge on any atom is -0.504 e. The number of amides is 2. The second-order valence-corrected chi connectivity index (χ2v) is 5.56. The molecule has 0 spiro atoms. The van der Waals surface area contributed by atoms with E-state index >= 15 is 0 Å². The summed E-state index contributed by atoms with van der Waals surface area (Å²) in [7, 11) is 0. The number of aromatic hydroxyl groups is 4. The van der Waals surface area contributed by atoms with Gasteiger partial charge in [0.25, 0.3) is 11.8 Å². The van der Waals surface area contributed by atoms with E-state index in [2.05, 4.69) is 0 Å². The van der Waals surface area contributed by atoms with E-state index in [1.165, 1.54) is 48.6 Å². The summed E-state index contributed by atoms with van der Waals surface area (Å²) < 4.78 is 0. The van der Waals surface area contributed by atoms with Crippen molar-refractivity contribution in [1.29, 1.82) is 10.5 Å². The van der Waals surface area contributed by atoms with Crippen LogP contribution in [0.2, 0.25) is 0 Å². The topological polar surface area (TPSA) is 215 Å². The molecule has 2 rings (SSSR count). The van der Waals surface area contributed by atoms with Crippen molar-refractivity contribution >= 4 is 24.0 Å². The summed E-state index contributed by atoms with van der Waals surface area (Å²) in [5.41, 5.74) is 10.2. The van der Waals surface area contributed by atoms with E-state index in [0.29, 0.717) is 11.1 Å². The van der Waals surface area contributed by atoms with Crippen LogP contribution in [0.25, 0.3) is 12.2 Å². The average Bonchev–Trinajstić information content (AvgIpc) is 2.69. The molecular weight excluding hydrogens is 392 g/mol. The summed E-state index contributed by atoms with van der Waals surface area (Å²) in [6.45, 7) is 0. The summed E-state index contributed by atoms with van der Waals surface area (Å²) in [5.74, 6) is -2.89. The fraction of sp³-hybridized carbons (Fsp3) is 0. The number of carbonyl (C=O) groups is 2. The molecule has 30 heavy (non-hydrogen) atoms. The molecular formula is C20H16N4O6. The number of phenolic OH excluding ortho intramolecular Hbond substituents is 4.